The molecule has 1 N–H and O–H groups in total. The molecule has 1 unspecified atom stereocenters. The van der Waals surface area contributed by atoms with E-state index in [2.05, 4.69) is 5.10 Å². The van der Waals surface area contributed by atoms with Crippen LogP contribution in [0.4, 0.5) is 4.39 Å². The van der Waals surface area contributed by atoms with Gasteiger partial charge in [0.1, 0.15) is 11.9 Å². The monoisotopic (exact) mass is 254 g/mol. The van der Waals surface area contributed by atoms with E-state index in [1.165, 1.54) is 16.8 Å². The summed E-state index contributed by atoms with van der Waals surface area (Å²) in [5, 5.41) is 14.2. The molecule has 0 spiro atoms. The fourth-order valence-corrected chi connectivity index (χ4v) is 2.01. The minimum absolute atomic E-state index is 0.00127. The molecule has 2 rings (SSSR count). The molecule has 0 radical (unpaired) electrons. The molecule has 1 atom stereocenters. The van der Waals surface area contributed by atoms with Crippen LogP contribution < -0.4 is 0 Å². The summed E-state index contributed by atoms with van der Waals surface area (Å²) in [5.41, 5.74) is 1.52. The first-order chi connectivity index (χ1) is 8.02. The second kappa shape index (κ2) is 4.47. The van der Waals surface area contributed by atoms with E-state index in [-0.39, 0.29) is 10.6 Å². The van der Waals surface area contributed by atoms with Crippen molar-refractivity contribution in [3.05, 3.63) is 52.1 Å². The maximum atomic E-state index is 13.8. The number of benzene rings is 1. The van der Waals surface area contributed by atoms with Gasteiger partial charge in [-0.2, -0.15) is 5.10 Å². The predicted molar refractivity (Wildman–Crippen MR) is 63.4 cm³/mol. The number of rotatable bonds is 2. The van der Waals surface area contributed by atoms with Gasteiger partial charge in [-0.15, -0.1) is 0 Å². The topological polar surface area (TPSA) is 38.0 Å². The molecular weight excluding hydrogens is 243 g/mol. The van der Waals surface area contributed by atoms with Gasteiger partial charge in [0, 0.05) is 12.6 Å². The van der Waals surface area contributed by atoms with E-state index < -0.39 is 11.9 Å². The van der Waals surface area contributed by atoms with Crippen molar-refractivity contribution in [1.82, 2.24) is 9.78 Å². The van der Waals surface area contributed by atoms with Crippen LogP contribution in [0.3, 0.4) is 0 Å². The summed E-state index contributed by atoms with van der Waals surface area (Å²) < 4.78 is 15.3. The zero-order chi connectivity index (χ0) is 12.6. The van der Waals surface area contributed by atoms with Gasteiger partial charge in [-0.25, -0.2) is 4.39 Å². The summed E-state index contributed by atoms with van der Waals surface area (Å²) in [4.78, 5) is 0. The number of aliphatic hydroxyl groups excluding tert-OH is 1. The van der Waals surface area contributed by atoms with E-state index in [9.17, 15) is 9.50 Å². The zero-order valence-electron chi connectivity index (χ0n) is 9.48. The first-order valence-corrected chi connectivity index (χ1v) is 5.50. The van der Waals surface area contributed by atoms with E-state index >= 15 is 0 Å². The number of hydrogen-bond acceptors (Lipinski definition) is 2. The summed E-state index contributed by atoms with van der Waals surface area (Å²) in [6, 6.07) is 4.57. The lowest BCUT2D eigenvalue weighted by atomic mass is 10.0. The lowest BCUT2D eigenvalue weighted by Gasteiger charge is -2.14. The SMILES string of the molecule is Cc1cnn(C)c1C(O)c1cccc(Cl)c1F. The number of aromatic nitrogens is 2. The fraction of sp³-hybridized carbons (Fsp3) is 0.250. The molecule has 0 aliphatic carbocycles. The van der Waals surface area contributed by atoms with Gasteiger partial charge in [0.05, 0.1) is 16.9 Å². The van der Waals surface area contributed by atoms with Gasteiger partial charge in [-0.05, 0) is 18.6 Å². The summed E-state index contributed by atoms with van der Waals surface area (Å²) >= 11 is 5.69. The Balaban J connectivity index is 2.51. The van der Waals surface area contributed by atoms with Crippen LogP contribution in [0.15, 0.2) is 24.4 Å². The normalized spacial score (nSPS) is 12.8. The third-order valence-electron chi connectivity index (χ3n) is 2.71. The van der Waals surface area contributed by atoms with Gasteiger partial charge >= 0.3 is 0 Å². The van der Waals surface area contributed by atoms with Gasteiger partial charge in [0.25, 0.3) is 0 Å². The van der Waals surface area contributed by atoms with Gasteiger partial charge in [-0.3, -0.25) is 4.68 Å². The highest BCUT2D eigenvalue weighted by Crippen LogP contribution is 2.29. The quantitative estimate of drug-likeness (QED) is 0.895. The highest BCUT2D eigenvalue weighted by atomic mass is 35.5. The molecule has 0 amide bonds. The van der Waals surface area contributed by atoms with Crippen LogP contribution in [0.25, 0.3) is 0 Å². The molecule has 5 heteroatoms. The third kappa shape index (κ3) is 2.06. The predicted octanol–water partition coefficient (Wildman–Crippen LogP) is 2.60. The maximum Gasteiger partial charge on any atom is 0.147 e. The number of hydrogen-bond donors (Lipinski definition) is 1. The van der Waals surface area contributed by atoms with Gasteiger partial charge in [0.15, 0.2) is 0 Å². The average molecular weight is 255 g/mol. The molecule has 0 fully saturated rings. The Bertz CT molecular complexity index is 534. The van der Waals surface area contributed by atoms with Crippen molar-refractivity contribution in [2.75, 3.05) is 0 Å². The van der Waals surface area contributed by atoms with Crippen LogP contribution in [-0.4, -0.2) is 14.9 Å². The molecule has 1 heterocycles. The second-order valence-corrected chi connectivity index (χ2v) is 4.29. The summed E-state index contributed by atoms with van der Waals surface area (Å²) in [6.45, 7) is 1.81. The molecule has 1 aromatic carbocycles. The Morgan fingerprint density at radius 1 is 1.47 bits per heavy atom. The van der Waals surface area contributed by atoms with Crippen LogP contribution in [0.2, 0.25) is 5.02 Å². The maximum absolute atomic E-state index is 13.8. The van der Waals surface area contributed by atoms with Crippen molar-refractivity contribution in [3.8, 4) is 0 Å². The van der Waals surface area contributed by atoms with Crippen LogP contribution in [-0.2, 0) is 7.05 Å². The smallest absolute Gasteiger partial charge is 0.147 e. The van der Waals surface area contributed by atoms with E-state index in [4.69, 9.17) is 11.6 Å². The highest BCUT2D eigenvalue weighted by molar-refractivity contribution is 6.30. The molecular formula is C12H12ClFN2O. The van der Waals surface area contributed by atoms with E-state index in [0.29, 0.717) is 5.69 Å². The molecule has 2 aromatic rings. The lowest BCUT2D eigenvalue weighted by Crippen LogP contribution is -2.09. The molecule has 0 saturated carbocycles. The standard InChI is InChI=1S/C12H12ClFN2O/c1-7-6-15-16(2)11(7)12(17)8-4-3-5-9(13)10(8)14/h3-6,12,17H,1-2H3. The van der Waals surface area contributed by atoms with Gasteiger partial charge < -0.3 is 5.11 Å². The van der Waals surface area contributed by atoms with Crippen molar-refractivity contribution in [2.45, 2.75) is 13.0 Å². The third-order valence-corrected chi connectivity index (χ3v) is 3.00. The largest absolute Gasteiger partial charge is 0.382 e. The van der Waals surface area contributed by atoms with Crippen LogP contribution in [0, 0.1) is 12.7 Å². The van der Waals surface area contributed by atoms with Gasteiger partial charge in [0.2, 0.25) is 0 Å². The van der Waals surface area contributed by atoms with Gasteiger partial charge in [-0.1, -0.05) is 23.7 Å². The molecule has 3 nitrogen and oxygen atoms in total. The minimum Gasteiger partial charge on any atom is -0.382 e. The molecule has 0 bridgehead atoms. The lowest BCUT2D eigenvalue weighted by molar-refractivity contribution is 0.204. The molecule has 1 aromatic heterocycles. The highest BCUT2D eigenvalue weighted by Gasteiger charge is 2.21. The Labute approximate surface area is 103 Å². The van der Waals surface area contributed by atoms with E-state index in [1.54, 1.807) is 19.3 Å². The van der Waals surface area contributed by atoms with Crippen molar-refractivity contribution < 1.29 is 9.50 Å². The second-order valence-electron chi connectivity index (χ2n) is 3.88. The number of nitrogens with zero attached hydrogens (tertiary/aromatic N) is 2. The Hall–Kier alpha value is -1.39. The number of halogens is 2. The van der Waals surface area contributed by atoms with Crippen molar-refractivity contribution >= 4 is 11.6 Å². The Kier molecular flexibility index (Phi) is 3.17. The Morgan fingerprint density at radius 2 is 2.18 bits per heavy atom. The summed E-state index contributed by atoms with van der Waals surface area (Å²) in [5.74, 6) is -0.595. The average Bonchev–Trinajstić information content (AvgIpc) is 2.62. The molecule has 17 heavy (non-hydrogen) atoms. The molecule has 0 aliphatic rings. The molecule has 0 saturated heterocycles. The van der Waals surface area contributed by atoms with Crippen molar-refractivity contribution in [3.63, 3.8) is 0 Å². The van der Waals surface area contributed by atoms with Crippen molar-refractivity contribution in [2.24, 2.45) is 7.05 Å². The first kappa shape index (κ1) is 12.1. The fourth-order valence-electron chi connectivity index (χ4n) is 1.83. The van der Waals surface area contributed by atoms with E-state index in [0.717, 1.165) is 5.56 Å². The zero-order valence-corrected chi connectivity index (χ0v) is 10.2. The first-order valence-electron chi connectivity index (χ1n) is 5.13. The summed E-state index contributed by atoms with van der Waals surface area (Å²) in [6.07, 6.45) is 0.558. The Morgan fingerprint density at radius 3 is 2.76 bits per heavy atom. The number of aryl methyl sites for hydroxylation is 2. The van der Waals surface area contributed by atoms with E-state index in [1.807, 2.05) is 6.92 Å². The van der Waals surface area contributed by atoms with Crippen LogP contribution in [0.1, 0.15) is 22.9 Å². The molecule has 0 aliphatic heterocycles. The van der Waals surface area contributed by atoms with Crippen molar-refractivity contribution in [1.29, 1.82) is 0 Å². The van der Waals surface area contributed by atoms with Crippen LogP contribution >= 0.6 is 11.6 Å². The number of aliphatic hydroxyl groups is 1. The minimum atomic E-state index is -1.07. The summed E-state index contributed by atoms with van der Waals surface area (Å²) in [7, 11) is 1.70. The van der Waals surface area contributed by atoms with Crippen LogP contribution in [0.5, 0.6) is 0 Å². The molecule has 90 valence electrons.